The van der Waals surface area contributed by atoms with Gasteiger partial charge in [-0.25, -0.2) is 0 Å². The predicted molar refractivity (Wildman–Crippen MR) is 76.3 cm³/mol. The van der Waals surface area contributed by atoms with Crippen molar-refractivity contribution in [1.29, 1.82) is 0 Å². The first-order valence-electron chi connectivity index (χ1n) is 6.22. The molecule has 1 aromatic heterocycles. The fourth-order valence-corrected chi connectivity index (χ4v) is 2.32. The van der Waals surface area contributed by atoms with Gasteiger partial charge in [-0.1, -0.05) is 12.1 Å². The smallest absolute Gasteiger partial charge is 0.170 e. The third kappa shape index (κ3) is 3.60. The van der Waals surface area contributed by atoms with Gasteiger partial charge in [-0.15, -0.1) is 5.10 Å². The van der Waals surface area contributed by atoms with Crippen molar-refractivity contribution in [2.24, 2.45) is 0 Å². The first-order valence-corrected chi connectivity index (χ1v) is 7.01. The van der Waals surface area contributed by atoms with Crippen molar-refractivity contribution >= 4 is 15.9 Å². The molecule has 1 heterocycles. The largest absolute Gasteiger partial charge is 0.395 e. The molecule has 108 valence electrons. The van der Waals surface area contributed by atoms with Crippen molar-refractivity contribution in [2.45, 2.75) is 6.54 Å². The molecule has 0 aliphatic rings. The first-order chi connectivity index (χ1) is 9.76. The molecule has 2 N–H and O–H groups in total. The van der Waals surface area contributed by atoms with E-state index in [1.807, 2.05) is 29.2 Å². The lowest BCUT2D eigenvalue weighted by Gasteiger charge is -2.19. The van der Waals surface area contributed by atoms with Gasteiger partial charge in [0.1, 0.15) is 0 Å². The Morgan fingerprint density at radius 1 is 1.15 bits per heavy atom. The number of aliphatic hydroxyl groups is 2. The van der Waals surface area contributed by atoms with Crippen LogP contribution in [0.25, 0.3) is 5.69 Å². The van der Waals surface area contributed by atoms with Gasteiger partial charge >= 0.3 is 0 Å². The Labute approximate surface area is 125 Å². The quantitative estimate of drug-likeness (QED) is 0.748. The zero-order chi connectivity index (χ0) is 14.4. The third-order valence-electron chi connectivity index (χ3n) is 2.81. The molecule has 0 amide bonds. The van der Waals surface area contributed by atoms with E-state index in [-0.39, 0.29) is 13.2 Å². The molecule has 2 rings (SSSR count). The molecule has 8 heteroatoms. The molecule has 0 spiro atoms. The minimum atomic E-state index is 0.0244. The number of aliphatic hydroxyl groups excluding tert-OH is 2. The molecule has 0 atom stereocenters. The summed E-state index contributed by atoms with van der Waals surface area (Å²) in [5, 5.41) is 29.8. The van der Waals surface area contributed by atoms with Crippen LogP contribution in [-0.2, 0) is 6.54 Å². The summed E-state index contributed by atoms with van der Waals surface area (Å²) >= 11 is 3.47. The Morgan fingerprint density at radius 3 is 2.50 bits per heavy atom. The van der Waals surface area contributed by atoms with Crippen LogP contribution in [0.5, 0.6) is 0 Å². The van der Waals surface area contributed by atoms with E-state index in [1.165, 1.54) is 0 Å². The Bertz CT molecular complexity index is 542. The molecule has 0 unspecified atom stereocenters. The number of hydrogen-bond donors (Lipinski definition) is 2. The molecular weight excluding hydrogens is 326 g/mol. The van der Waals surface area contributed by atoms with Gasteiger partial charge in [0.25, 0.3) is 0 Å². The lowest BCUT2D eigenvalue weighted by molar-refractivity contribution is 0.152. The number of halogens is 1. The van der Waals surface area contributed by atoms with Crippen LogP contribution >= 0.6 is 15.9 Å². The van der Waals surface area contributed by atoms with E-state index in [0.717, 1.165) is 10.2 Å². The Kier molecular flexibility index (Phi) is 5.60. The summed E-state index contributed by atoms with van der Waals surface area (Å²) in [6, 6.07) is 7.65. The van der Waals surface area contributed by atoms with Gasteiger partial charge in [-0.3, -0.25) is 4.90 Å². The molecule has 1 aromatic carbocycles. The number of para-hydroxylation sites is 1. The lowest BCUT2D eigenvalue weighted by atomic mass is 10.3. The van der Waals surface area contributed by atoms with Gasteiger partial charge in [0, 0.05) is 17.6 Å². The third-order valence-corrected chi connectivity index (χ3v) is 3.48. The average molecular weight is 342 g/mol. The van der Waals surface area contributed by atoms with Gasteiger partial charge in [-0.2, -0.15) is 4.68 Å². The van der Waals surface area contributed by atoms with Crippen LogP contribution in [0, 0.1) is 0 Å². The summed E-state index contributed by atoms with van der Waals surface area (Å²) in [6.07, 6.45) is 0. The standard InChI is InChI=1S/C12H16BrN5O2/c13-10-3-1-2-4-11(10)18-12(14-15-16-18)9-17(5-7-19)6-8-20/h1-4,19-20H,5-9H2. The van der Waals surface area contributed by atoms with Gasteiger partial charge in [0.2, 0.25) is 0 Å². The van der Waals surface area contributed by atoms with Gasteiger partial charge in [0.05, 0.1) is 25.4 Å². The predicted octanol–water partition coefficient (Wildman–Crippen LogP) is 0.211. The number of benzene rings is 1. The van der Waals surface area contributed by atoms with Crippen molar-refractivity contribution in [3.63, 3.8) is 0 Å². The highest BCUT2D eigenvalue weighted by Gasteiger charge is 2.14. The summed E-state index contributed by atoms with van der Waals surface area (Å²) in [4.78, 5) is 1.89. The van der Waals surface area contributed by atoms with E-state index >= 15 is 0 Å². The van der Waals surface area contributed by atoms with Crippen molar-refractivity contribution in [3.05, 3.63) is 34.6 Å². The van der Waals surface area contributed by atoms with E-state index in [2.05, 4.69) is 31.5 Å². The highest BCUT2D eigenvalue weighted by Crippen LogP contribution is 2.20. The number of rotatable bonds is 7. The van der Waals surface area contributed by atoms with Crippen LogP contribution in [0.15, 0.2) is 28.7 Å². The van der Waals surface area contributed by atoms with E-state index in [0.29, 0.717) is 25.5 Å². The second kappa shape index (κ2) is 7.44. The fourth-order valence-electron chi connectivity index (χ4n) is 1.87. The van der Waals surface area contributed by atoms with E-state index < -0.39 is 0 Å². The lowest BCUT2D eigenvalue weighted by Crippen LogP contribution is -2.30. The van der Waals surface area contributed by atoms with Crippen LogP contribution in [0.2, 0.25) is 0 Å². The zero-order valence-electron chi connectivity index (χ0n) is 10.9. The summed E-state index contributed by atoms with van der Waals surface area (Å²) in [6.45, 7) is 1.43. The maximum atomic E-state index is 9.03. The normalized spacial score (nSPS) is 11.2. The molecule has 20 heavy (non-hydrogen) atoms. The van der Waals surface area contributed by atoms with Crippen molar-refractivity contribution in [1.82, 2.24) is 25.1 Å². The molecule has 0 bridgehead atoms. The van der Waals surface area contributed by atoms with Crippen LogP contribution in [0.1, 0.15) is 5.82 Å². The fraction of sp³-hybridized carbons (Fsp3) is 0.417. The summed E-state index contributed by atoms with van der Waals surface area (Å²) in [5.41, 5.74) is 0.848. The van der Waals surface area contributed by atoms with E-state index in [1.54, 1.807) is 4.68 Å². The Balaban J connectivity index is 2.22. The Morgan fingerprint density at radius 2 is 1.85 bits per heavy atom. The van der Waals surface area contributed by atoms with Crippen molar-refractivity contribution < 1.29 is 10.2 Å². The number of hydrogen-bond acceptors (Lipinski definition) is 6. The van der Waals surface area contributed by atoms with Crippen molar-refractivity contribution in [2.75, 3.05) is 26.3 Å². The van der Waals surface area contributed by atoms with Crippen LogP contribution < -0.4 is 0 Å². The molecule has 0 saturated heterocycles. The SMILES string of the molecule is OCCN(CCO)Cc1nnnn1-c1ccccc1Br. The molecule has 0 aliphatic heterocycles. The van der Waals surface area contributed by atoms with Crippen LogP contribution in [0.3, 0.4) is 0 Å². The van der Waals surface area contributed by atoms with E-state index in [9.17, 15) is 0 Å². The highest BCUT2D eigenvalue weighted by atomic mass is 79.9. The molecule has 0 saturated carbocycles. The molecule has 0 fully saturated rings. The molecule has 2 aromatic rings. The number of nitrogens with zero attached hydrogens (tertiary/aromatic N) is 5. The number of aromatic nitrogens is 4. The molecular formula is C12H16BrN5O2. The summed E-state index contributed by atoms with van der Waals surface area (Å²) < 4.78 is 2.54. The van der Waals surface area contributed by atoms with Crippen LogP contribution in [0.4, 0.5) is 0 Å². The van der Waals surface area contributed by atoms with E-state index in [4.69, 9.17) is 10.2 Å². The van der Waals surface area contributed by atoms with Crippen LogP contribution in [-0.4, -0.2) is 61.6 Å². The second-order valence-corrected chi connectivity index (χ2v) is 5.04. The molecule has 0 aliphatic carbocycles. The monoisotopic (exact) mass is 341 g/mol. The highest BCUT2D eigenvalue weighted by molar-refractivity contribution is 9.10. The Hall–Kier alpha value is -1.35. The summed E-state index contributed by atoms with van der Waals surface area (Å²) in [5.74, 6) is 0.652. The topological polar surface area (TPSA) is 87.3 Å². The molecule has 0 radical (unpaired) electrons. The maximum absolute atomic E-state index is 9.03. The molecule has 7 nitrogen and oxygen atoms in total. The van der Waals surface area contributed by atoms with Gasteiger partial charge < -0.3 is 10.2 Å². The van der Waals surface area contributed by atoms with Gasteiger partial charge in [-0.05, 0) is 38.5 Å². The minimum absolute atomic E-state index is 0.0244. The zero-order valence-corrected chi connectivity index (χ0v) is 12.4. The second-order valence-electron chi connectivity index (χ2n) is 4.18. The average Bonchev–Trinajstić information content (AvgIpc) is 2.88. The van der Waals surface area contributed by atoms with Crippen molar-refractivity contribution in [3.8, 4) is 5.69 Å². The minimum Gasteiger partial charge on any atom is -0.395 e. The summed E-state index contributed by atoms with van der Waals surface area (Å²) in [7, 11) is 0. The first kappa shape index (κ1) is 15.0. The van der Waals surface area contributed by atoms with Gasteiger partial charge in [0.15, 0.2) is 5.82 Å². The maximum Gasteiger partial charge on any atom is 0.170 e. The number of tetrazole rings is 1.